The highest BCUT2D eigenvalue weighted by Gasteiger charge is 2.22. The molecule has 0 radical (unpaired) electrons. The van der Waals surface area contributed by atoms with Crippen LogP contribution in [0.15, 0.2) is 48.6 Å². The highest BCUT2D eigenvalue weighted by molar-refractivity contribution is 7.45. The number of quaternary nitrogens is 1. The number of phosphoric acid groups is 1. The number of carbonyl (C=O) groups is 2. The van der Waals surface area contributed by atoms with Crippen molar-refractivity contribution < 1.29 is 42.1 Å². The zero-order valence-corrected chi connectivity index (χ0v) is 70.0. The molecule has 0 aliphatic carbocycles. The summed E-state index contributed by atoms with van der Waals surface area (Å²) in [4.78, 5) is 38.3. The lowest BCUT2D eigenvalue weighted by molar-refractivity contribution is -0.870. The van der Waals surface area contributed by atoms with E-state index in [0.29, 0.717) is 17.4 Å². The minimum atomic E-state index is -4.65. The second-order valence-electron chi connectivity index (χ2n) is 32.3. The van der Waals surface area contributed by atoms with E-state index in [9.17, 15) is 19.0 Å². The Kier molecular flexibility index (Phi) is 81.4. The molecule has 0 aromatic heterocycles. The predicted molar refractivity (Wildman–Crippen MR) is 444 cm³/mol. The number of phosphoric ester groups is 1. The van der Waals surface area contributed by atoms with Crippen LogP contribution in [0, 0.1) is 0 Å². The summed E-state index contributed by atoms with van der Waals surface area (Å²) in [6, 6.07) is 0. The lowest BCUT2D eigenvalue weighted by Gasteiger charge is -2.28. The fourth-order valence-corrected chi connectivity index (χ4v) is 14.7. The molecule has 0 aliphatic rings. The molecule has 0 aromatic rings. The third-order valence-electron chi connectivity index (χ3n) is 20.9. The molecule has 2 atom stereocenters. The molecule has 0 aliphatic heterocycles. The van der Waals surface area contributed by atoms with Gasteiger partial charge in [-0.05, 0) is 51.4 Å². The van der Waals surface area contributed by atoms with Crippen LogP contribution in [0.3, 0.4) is 0 Å². The van der Waals surface area contributed by atoms with Crippen LogP contribution in [0.1, 0.15) is 476 Å². The van der Waals surface area contributed by atoms with E-state index in [0.717, 1.165) is 57.8 Å². The number of esters is 2. The van der Waals surface area contributed by atoms with Crippen molar-refractivity contribution in [2.75, 3.05) is 47.5 Å². The number of ether oxygens (including phenoxy) is 2. The van der Waals surface area contributed by atoms with Gasteiger partial charge in [0.25, 0.3) is 7.82 Å². The number of allylic oxidation sites excluding steroid dienone is 8. The van der Waals surface area contributed by atoms with Crippen LogP contribution in [0.4, 0.5) is 0 Å². The van der Waals surface area contributed by atoms with E-state index in [1.807, 2.05) is 21.1 Å². The summed E-state index contributed by atoms with van der Waals surface area (Å²) in [5.41, 5.74) is 0. The van der Waals surface area contributed by atoms with Gasteiger partial charge >= 0.3 is 11.9 Å². The van der Waals surface area contributed by atoms with Crippen LogP contribution >= 0.6 is 7.82 Å². The van der Waals surface area contributed by atoms with Crippen molar-refractivity contribution in [3.8, 4) is 0 Å². The highest BCUT2D eigenvalue weighted by Crippen LogP contribution is 2.38. The fourth-order valence-electron chi connectivity index (χ4n) is 14.0. The molecule has 2 unspecified atom stereocenters. The molecule has 0 spiro atoms. The molecule has 0 heterocycles. The van der Waals surface area contributed by atoms with Crippen LogP contribution < -0.4 is 4.89 Å². The van der Waals surface area contributed by atoms with Gasteiger partial charge in [0.05, 0.1) is 27.7 Å². The van der Waals surface area contributed by atoms with Crippen molar-refractivity contribution in [3.05, 3.63) is 48.6 Å². The van der Waals surface area contributed by atoms with Crippen LogP contribution in [0.2, 0.25) is 0 Å². The van der Waals surface area contributed by atoms with Crippen molar-refractivity contribution in [2.45, 2.75) is 482 Å². The summed E-state index contributed by atoms with van der Waals surface area (Å²) in [6.45, 7) is 4.22. The number of rotatable bonds is 86. The van der Waals surface area contributed by atoms with Crippen molar-refractivity contribution in [2.24, 2.45) is 0 Å². The van der Waals surface area contributed by atoms with Gasteiger partial charge in [-0.25, -0.2) is 0 Å². The van der Waals surface area contributed by atoms with Gasteiger partial charge in [0.2, 0.25) is 0 Å². The zero-order chi connectivity index (χ0) is 74.0. The minimum Gasteiger partial charge on any atom is -0.756 e. The quantitative estimate of drug-likeness (QED) is 0.0195. The summed E-state index contributed by atoms with van der Waals surface area (Å²) in [5, 5.41) is 0. The first-order chi connectivity index (χ1) is 50.0. The Morgan fingerprint density at radius 3 is 0.833 bits per heavy atom. The number of nitrogens with zero attached hydrogens (tertiary/aromatic N) is 1. The van der Waals surface area contributed by atoms with E-state index in [-0.39, 0.29) is 32.0 Å². The van der Waals surface area contributed by atoms with E-state index >= 15 is 0 Å². The van der Waals surface area contributed by atoms with Gasteiger partial charge in [0.1, 0.15) is 19.8 Å². The maximum Gasteiger partial charge on any atom is 0.306 e. The predicted octanol–water partition coefficient (Wildman–Crippen LogP) is 30.0. The van der Waals surface area contributed by atoms with Crippen molar-refractivity contribution in [3.63, 3.8) is 0 Å². The van der Waals surface area contributed by atoms with E-state index in [1.165, 1.54) is 385 Å². The topological polar surface area (TPSA) is 111 Å². The Bertz CT molecular complexity index is 1860. The van der Waals surface area contributed by atoms with Gasteiger partial charge in [0, 0.05) is 12.8 Å². The monoisotopic (exact) mass is 1450 g/mol. The summed E-state index contributed by atoms with van der Waals surface area (Å²) >= 11 is 0. The fraction of sp³-hybridized carbons (Fsp3) is 0.891. The van der Waals surface area contributed by atoms with Crippen molar-refractivity contribution in [1.29, 1.82) is 0 Å². The molecule has 102 heavy (non-hydrogen) atoms. The molecular formula is C92H176NO8P. The first kappa shape index (κ1) is 100.0. The Balaban J connectivity index is 3.82. The van der Waals surface area contributed by atoms with Gasteiger partial charge in [-0.1, -0.05) is 461 Å². The number of carbonyl (C=O) groups excluding carboxylic acids is 2. The molecule has 0 N–H and O–H groups in total. The lowest BCUT2D eigenvalue weighted by atomic mass is 10.0. The van der Waals surface area contributed by atoms with Gasteiger partial charge in [-0.2, -0.15) is 0 Å². The summed E-state index contributed by atoms with van der Waals surface area (Å²) in [5.74, 6) is -0.804. The summed E-state index contributed by atoms with van der Waals surface area (Å²) in [6.07, 6.45) is 112. The average Bonchev–Trinajstić information content (AvgIpc) is 0.913. The Hall–Kier alpha value is -2.03. The molecule has 0 saturated heterocycles. The third-order valence-corrected chi connectivity index (χ3v) is 21.8. The molecular weight excluding hydrogens is 1280 g/mol. The van der Waals surface area contributed by atoms with E-state index < -0.39 is 26.5 Å². The molecule has 0 rings (SSSR count). The molecule has 0 bridgehead atoms. The van der Waals surface area contributed by atoms with Gasteiger partial charge < -0.3 is 27.9 Å². The maximum atomic E-state index is 12.9. The summed E-state index contributed by atoms with van der Waals surface area (Å²) < 4.78 is 34.5. The summed E-state index contributed by atoms with van der Waals surface area (Å²) in [7, 11) is 1.19. The smallest absolute Gasteiger partial charge is 0.306 e. The molecule has 0 amide bonds. The third kappa shape index (κ3) is 86.9. The van der Waals surface area contributed by atoms with E-state index in [2.05, 4.69) is 62.5 Å². The zero-order valence-electron chi connectivity index (χ0n) is 69.1. The largest absolute Gasteiger partial charge is 0.756 e. The van der Waals surface area contributed by atoms with E-state index in [4.69, 9.17) is 18.5 Å². The van der Waals surface area contributed by atoms with Gasteiger partial charge in [0.15, 0.2) is 6.10 Å². The maximum absolute atomic E-state index is 12.9. The second-order valence-corrected chi connectivity index (χ2v) is 33.7. The molecule has 602 valence electrons. The Morgan fingerprint density at radius 1 is 0.314 bits per heavy atom. The van der Waals surface area contributed by atoms with Crippen molar-refractivity contribution >= 4 is 19.8 Å². The van der Waals surface area contributed by atoms with Gasteiger partial charge in [-0.15, -0.1) is 0 Å². The minimum absolute atomic E-state index is 0.0271. The van der Waals surface area contributed by atoms with Crippen LogP contribution in [-0.2, 0) is 32.7 Å². The number of hydrogen-bond donors (Lipinski definition) is 0. The van der Waals surface area contributed by atoms with Crippen LogP contribution in [0.5, 0.6) is 0 Å². The van der Waals surface area contributed by atoms with Crippen molar-refractivity contribution in [1.82, 2.24) is 0 Å². The standard InChI is InChI=1S/C92H176NO8P/c1-6-8-10-12-14-16-18-20-22-24-26-28-30-32-34-36-38-40-42-44-45-46-47-49-50-52-54-56-58-60-62-64-66-68-70-72-74-76-78-80-82-84-91(94)98-88-90(89-100-102(96,97)99-87-86-93(3,4)5)101-92(95)85-83-81-79-77-75-73-71-69-67-65-63-61-59-57-55-53-51-48-43-41-39-37-35-33-31-29-27-25-23-21-19-17-15-13-11-9-7-2/h9,11,15,17,21,23,27,29,90H,6-8,10,12-14,16,18-20,22,24-26,28,30-89H2,1-5H3/b11-9-,17-15-,23-21-,29-27-. The van der Waals surface area contributed by atoms with Crippen LogP contribution in [0.25, 0.3) is 0 Å². The Labute approximate surface area is 636 Å². The molecule has 0 saturated carbocycles. The Morgan fingerprint density at radius 2 is 0.559 bits per heavy atom. The first-order valence-electron chi connectivity index (χ1n) is 45.3. The molecule has 0 aromatic carbocycles. The lowest BCUT2D eigenvalue weighted by Crippen LogP contribution is -2.37. The van der Waals surface area contributed by atoms with Crippen LogP contribution in [-0.4, -0.2) is 70.0 Å². The number of hydrogen-bond acceptors (Lipinski definition) is 8. The number of unbranched alkanes of at least 4 members (excludes halogenated alkanes) is 64. The second kappa shape index (κ2) is 83.0. The van der Waals surface area contributed by atoms with Gasteiger partial charge in [-0.3, -0.25) is 14.2 Å². The average molecular weight is 1460 g/mol. The molecule has 9 nitrogen and oxygen atoms in total. The molecule has 10 heteroatoms. The first-order valence-corrected chi connectivity index (χ1v) is 46.8. The van der Waals surface area contributed by atoms with E-state index in [1.54, 1.807) is 0 Å². The SMILES string of the molecule is CC/C=C\C/C=C\C/C=C\C/C=C\CCCCCCCCCCCCCCCCCCCCCCCCCCC(=O)OC(COC(=O)CCCCCCCCCCCCCCCCCCCCCCCCCCCCCCCCCCCCCCCCCCC)COP(=O)([O-])OCC[N+](C)(C)C. The number of likely N-dealkylation sites (N-methyl/N-ethyl adjacent to an activating group) is 1. The normalized spacial score (nSPS) is 13.1. The molecule has 0 fully saturated rings. The highest BCUT2D eigenvalue weighted by atomic mass is 31.2.